The van der Waals surface area contributed by atoms with Crippen molar-refractivity contribution in [1.29, 1.82) is 0 Å². The number of nitrogens with zero attached hydrogens (tertiary/aromatic N) is 6. The quantitative estimate of drug-likeness (QED) is 0.305. The number of amides is 1. The Kier molecular flexibility index (Phi) is 7.68. The summed E-state index contributed by atoms with van der Waals surface area (Å²) < 4.78 is 1.70. The molecule has 3 aromatic heterocycles. The number of hydrogen-bond acceptors (Lipinski definition) is 7. The largest absolute Gasteiger partial charge is 0.373 e. The molecule has 0 saturated heterocycles. The molecule has 0 bridgehead atoms. The summed E-state index contributed by atoms with van der Waals surface area (Å²) in [4.78, 5) is 36.1. The number of aldehydes is 1. The predicted octanol–water partition coefficient (Wildman–Crippen LogP) is 2.44. The van der Waals surface area contributed by atoms with Gasteiger partial charge in [-0.25, -0.2) is 14.5 Å². The first-order chi connectivity index (χ1) is 17.5. The summed E-state index contributed by atoms with van der Waals surface area (Å²) in [6.07, 6.45) is 4.15. The molecule has 36 heavy (non-hydrogen) atoms. The van der Waals surface area contributed by atoms with Crippen LogP contribution in [0, 0.1) is 11.8 Å². The monoisotopic (exact) mass is 481 g/mol. The van der Waals surface area contributed by atoms with E-state index in [0.29, 0.717) is 30.0 Å². The van der Waals surface area contributed by atoms with E-state index in [4.69, 9.17) is 5.10 Å². The van der Waals surface area contributed by atoms with Crippen molar-refractivity contribution < 1.29 is 9.59 Å². The lowest BCUT2D eigenvalue weighted by Crippen LogP contribution is -2.37. The van der Waals surface area contributed by atoms with Gasteiger partial charge < -0.3 is 19.9 Å². The Morgan fingerprint density at radius 1 is 1.06 bits per heavy atom. The zero-order chi connectivity index (χ0) is 25.5. The smallest absolute Gasteiger partial charge is 0.254 e. The van der Waals surface area contributed by atoms with Crippen molar-refractivity contribution in [2.24, 2.45) is 0 Å². The number of benzene rings is 1. The number of likely N-dealkylation sites (N-methyl/N-ethyl adjacent to an activating group) is 1. The summed E-state index contributed by atoms with van der Waals surface area (Å²) in [6, 6.07) is 14.7. The molecule has 0 unspecified atom stereocenters. The third-order valence-corrected chi connectivity index (χ3v) is 5.54. The summed E-state index contributed by atoms with van der Waals surface area (Å²) in [5.74, 6) is 6.83. The molecule has 3 heterocycles. The summed E-state index contributed by atoms with van der Waals surface area (Å²) in [6.45, 7) is 1.22. The number of imidazole rings is 1. The number of aromatic nitrogens is 4. The molecule has 0 fully saturated rings. The molecule has 4 rings (SSSR count). The highest BCUT2D eigenvalue weighted by Crippen LogP contribution is 2.19. The minimum atomic E-state index is -0.177. The molecule has 1 amide bonds. The van der Waals surface area contributed by atoms with E-state index in [1.807, 2.05) is 62.4 Å². The molecule has 9 nitrogen and oxygen atoms in total. The van der Waals surface area contributed by atoms with Crippen LogP contribution in [0.4, 0.5) is 5.82 Å². The maximum absolute atomic E-state index is 12.9. The number of carbonyl (C=O) groups excluding carboxylic acids is 2. The van der Waals surface area contributed by atoms with E-state index in [-0.39, 0.29) is 12.5 Å². The first-order valence-electron chi connectivity index (χ1n) is 11.5. The highest BCUT2D eigenvalue weighted by atomic mass is 16.2. The second kappa shape index (κ2) is 11.3. The molecule has 0 spiro atoms. The van der Waals surface area contributed by atoms with Crippen LogP contribution < -0.4 is 5.32 Å². The van der Waals surface area contributed by atoms with Gasteiger partial charge >= 0.3 is 0 Å². The van der Waals surface area contributed by atoms with Gasteiger partial charge in [-0.05, 0) is 56.4 Å². The molecule has 0 aliphatic heterocycles. The van der Waals surface area contributed by atoms with Crippen LogP contribution in [0.2, 0.25) is 0 Å². The molecule has 0 radical (unpaired) electrons. The lowest BCUT2D eigenvalue weighted by Gasteiger charge is -2.22. The van der Waals surface area contributed by atoms with Gasteiger partial charge in [-0.3, -0.25) is 4.79 Å². The zero-order valence-corrected chi connectivity index (χ0v) is 20.5. The topological polar surface area (TPSA) is 95.7 Å². The highest BCUT2D eigenvalue weighted by molar-refractivity contribution is 5.95. The second-order valence-electron chi connectivity index (χ2n) is 8.36. The van der Waals surface area contributed by atoms with E-state index in [0.717, 1.165) is 28.9 Å². The van der Waals surface area contributed by atoms with Crippen molar-refractivity contribution in [3.05, 3.63) is 77.7 Å². The fraction of sp³-hybridized carbons (Fsp3) is 0.222. The minimum absolute atomic E-state index is 0.0624. The van der Waals surface area contributed by atoms with Gasteiger partial charge in [0.15, 0.2) is 5.65 Å². The summed E-state index contributed by atoms with van der Waals surface area (Å²) in [7, 11) is 5.67. The second-order valence-corrected chi connectivity index (χ2v) is 8.36. The van der Waals surface area contributed by atoms with Gasteiger partial charge in [-0.1, -0.05) is 18.1 Å². The third kappa shape index (κ3) is 5.74. The van der Waals surface area contributed by atoms with E-state index in [9.17, 15) is 9.59 Å². The Labute approximate surface area is 209 Å². The van der Waals surface area contributed by atoms with Crippen LogP contribution in [0.25, 0.3) is 16.9 Å². The van der Waals surface area contributed by atoms with Crippen LogP contribution >= 0.6 is 0 Å². The SMILES string of the molecule is CNc1cc(C#Cc2cnc3ccc(-c4ccc(C(=O)N(CC=O)CCN(C)C)cc4)nn23)ccn1. The van der Waals surface area contributed by atoms with Crippen molar-refractivity contribution in [2.45, 2.75) is 0 Å². The molecule has 182 valence electrons. The Balaban J connectivity index is 1.57. The average Bonchev–Trinajstić information content (AvgIpc) is 3.31. The first kappa shape index (κ1) is 24.6. The van der Waals surface area contributed by atoms with E-state index < -0.39 is 0 Å². The average molecular weight is 482 g/mol. The van der Waals surface area contributed by atoms with E-state index in [2.05, 4.69) is 27.1 Å². The van der Waals surface area contributed by atoms with Gasteiger partial charge in [-0.2, -0.15) is 5.10 Å². The number of carbonyl (C=O) groups is 2. The summed E-state index contributed by atoms with van der Waals surface area (Å²) in [5, 5.41) is 7.72. The number of fused-ring (bicyclic) bond motifs is 1. The van der Waals surface area contributed by atoms with Crippen molar-refractivity contribution in [1.82, 2.24) is 29.4 Å². The Hall–Kier alpha value is -4.55. The maximum atomic E-state index is 12.9. The fourth-order valence-corrected chi connectivity index (χ4v) is 3.55. The standard InChI is InChI=1S/C27H27N7O2/c1-28-25-18-20(12-13-29-25)4-9-23-19-30-26-11-10-24(31-34(23)26)21-5-7-22(8-6-21)27(36)33(16-17-35)15-14-32(2)3/h5-8,10-13,17-19H,14-16H2,1-3H3,(H,28,29). The van der Waals surface area contributed by atoms with Gasteiger partial charge in [-0.15, -0.1) is 0 Å². The van der Waals surface area contributed by atoms with Crippen LogP contribution in [0.5, 0.6) is 0 Å². The summed E-state index contributed by atoms with van der Waals surface area (Å²) in [5.41, 5.74) is 4.27. The molecule has 0 saturated carbocycles. The van der Waals surface area contributed by atoms with Crippen LogP contribution in [0.1, 0.15) is 21.6 Å². The number of nitrogens with one attached hydrogen (secondary N) is 1. The Morgan fingerprint density at radius 3 is 2.58 bits per heavy atom. The normalized spacial score (nSPS) is 10.7. The maximum Gasteiger partial charge on any atom is 0.254 e. The van der Waals surface area contributed by atoms with Crippen LogP contribution in [0.3, 0.4) is 0 Å². The number of pyridine rings is 1. The number of rotatable bonds is 8. The Bertz CT molecular complexity index is 1430. The van der Waals surface area contributed by atoms with Crippen LogP contribution in [-0.2, 0) is 4.79 Å². The molecule has 9 heteroatoms. The lowest BCUT2D eigenvalue weighted by molar-refractivity contribution is -0.108. The third-order valence-electron chi connectivity index (χ3n) is 5.54. The molecule has 1 aromatic carbocycles. The molecule has 0 atom stereocenters. The van der Waals surface area contributed by atoms with Gasteiger partial charge in [0.05, 0.1) is 18.4 Å². The Morgan fingerprint density at radius 2 is 1.86 bits per heavy atom. The van der Waals surface area contributed by atoms with Gasteiger partial charge in [0.1, 0.15) is 17.8 Å². The fourth-order valence-electron chi connectivity index (χ4n) is 3.55. The van der Waals surface area contributed by atoms with Gasteiger partial charge in [0.25, 0.3) is 5.91 Å². The van der Waals surface area contributed by atoms with Crippen LogP contribution in [0.15, 0.2) is 60.9 Å². The zero-order valence-electron chi connectivity index (χ0n) is 20.5. The molecular formula is C27H27N7O2. The number of hydrogen-bond donors (Lipinski definition) is 1. The molecule has 0 aliphatic carbocycles. The lowest BCUT2D eigenvalue weighted by atomic mass is 10.1. The molecular weight excluding hydrogens is 454 g/mol. The van der Waals surface area contributed by atoms with Crippen molar-refractivity contribution in [2.75, 3.05) is 46.1 Å². The molecule has 0 aliphatic rings. The number of anilines is 1. The van der Waals surface area contributed by atoms with E-state index >= 15 is 0 Å². The van der Waals surface area contributed by atoms with E-state index in [1.54, 1.807) is 33.9 Å². The van der Waals surface area contributed by atoms with E-state index in [1.165, 1.54) is 0 Å². The van der Waals surface area contributed by atoms with Crippen molar-refractivity contribution >= 4 is 23.7 Å². The minimum Gasteiger partial charge on any atom is -0.373 e. The van der Waals surface area contributed by atoms with Crippen molar-refractivity contribution in [3.63, 3.8) is 0 Å². The predicted molar refractivity (Wildman–Crippen MR) is 139 cm³/mol. The summed E-state index contributed by atoms with van der Waals surface area (Å²) >= 11 is 0. The molecule has 1 N–H and O–H groups in total. The first-order valence-corrected chi connectivity index (χ1v) is 11.5. The van der Waals surface area contributed by atoms with Gasteiger partial charge in [0, 0.05) is 43.0 Å². The highest BCUT2D eigenvalue weighted by Gasteiger charge is 2.16. The van der Waals surface area contributed by atoms with Crippen molar-refractivity contribution in [3.8, 4) is 23.1 Å². The van der Waals surface area contributed by atoms with Crippen LogP contribution in [-0.4, -0.2) is 82.4 Å². The van der Waals surface area contributed by atoms with Gasteiger partial charge in [0.2, 0.25) is 0 Å². The molecule has 4 aromatic rings.